The molecule has 3 aliphatic rings. The van der Waals surface area contributed by atoms with Gasteiger partial charge in [-0.3, -0.25) is 4.79 Å². The fourth-order valence-electron chi connectivity index (χ4n) is 4.59. The standard InChI is InChI=1S/C15H24O5/c1-8-4-5-12-9(2)13(17)20-14(19-10(3)16)15(12)11(8)6-7-18-15/h8-9,11-14,17H,4-7H2,1-3H3/t8-,9-,11+,12+,13+,14+,15-/m1/s1. The molecular weight excluding hydrogens is 260 g/mol. The summed E-state index contributed by atoms with van der Waals surface area (Å²) in [5, 5.41) is 10.1. The molecule has 2 saturated heterocycles. The molecule has 0 radical (unpaired) electrons. The van der Waals surface area contributed by atoms with Crippen LogP contribution in [-0.4, -0.2) is 35.9 Å². The van der Waals surface area contributed by atoms with E-state index in [1.54, 1.807) is 0 Å². The summed E-state index contributed by atoms with van der Waals surface area (Å²) >= 11 is 0. The van der Waals surface area contributed by atoms with Crippen LogP contribution >= 0.6 is 0 Å². The number of carbonyl (C=O) groups is 1. The third-order valence-corrected chi connectivity index (χ3v) is 5.55. The highest BCUT2D eigenvalue weighted by Crippen LogP contribution is 2.57. The zero-order chi connectivity index (χ0) is 14.5. The molecule has 0 unspecified atom stereocenters. The van der Waals surface area contributed by atoms with Gasteiger partial charge in [0, 0.05) is 25.4 Å². The van der Waals surface area contributed by atoms with Crippen molar-refractivity contribution in [3.63, 3.8) is 0 Å². The first-order valence-corrected chi connectivity index (χ1v) is 7.61. The van der Waals surface area contributed by atoms with E-state index < -0.39 is 24.2 Å². The van der Waals surface area contributed by atoms with Crippen LogP contribution in [-0.2, 0) is 19.0 Å². The van der Waals surface area contributed by atoms with E-state index in [4.69, 9.17) is 14.2 Å². The summed E-state index contributed by atoms with van der Waals surface area (Å²) in [6.07, 6.45) is 1.41. The van der Waals surface area contributed by atoms with Crippen molar-refractivity contribution in [3.05, 3.63) is 0 Å². The second-order valence-corrected chi connectivity index (χ2v) is 6.59. The van der Waals surface area contributed by atoms with Gasteiger partial charge in [0.1, 0.15) is 5.60 Å². The van der Waals surface area contributed by atoms with Crippen LogP contribution in [0.1, 0.15) is 40.0 Å². The number of hydrogen-bond donors (Lipinski definition) is 1. The Labute approximate surface area is 119 Å². The minimum Gasteiger partial charge on any atom is -0.433 e. The summed E-state index contributed by atoms with van der Waals surface area (Å²) in [5.41, 5.74) is -0.567. The quantitative estimate of drug-likeness (QED) is 0.742. The van der Waals surface area contributed by atoms with Crippen LogP contribution < -0.4 is 0 Å². The maximum absolute atomic E-state index is 11.4. The predicted octanol–water partition coefficient (Wildman–Crippen LogP) is 1.68. The lowest BCUT2D eigenvalue weighted by Crippen LogP contribution is -2.66. The van der Waals surface area contributed by atoms with Gasteiger partial charge in [-0.15, -0.1) is 0 Å². The van der Waals surface area contributed by atoms with Crippen molar-refractivity contribution in [2.75, 3.05) is 6.61 Å². The van der Waals surface area contributed by atoms with Crippen LogP contribution in [0.4, 0.5) is 0 Å². The summed E-state index contributed by atoms with van der Waals surface area (Å²) in [6, 6.07) is 0. The summed E-state index contributed by atoms with van der Waals surface area (Å²) in [6.45, 7) is 6.28. The van der Waals surface area contributed by atoms with Crippen LogP contribution in [0.2, 0.25) is 0 Å². The van der Waals surface area contributed by atoms with Gasteiger partial charge in [0.15, 0.2) is 6.29 Å². The van der Waals surface area contributed by atoms with E-state index in [9.17, 15) is 9.90 Å². The zero-order valence-corrected chi connectivity index (χ0v) is 12.4. The van der Waals surface area contributed by atoms with Gasteiger partial charge in [-0.2, -0.15) is 0 Å². The first-order valence-electron chi connectivity index (χ1n) is 7.61. The number of aliphatic hydroxyl groups excluding tert-OH is 1. The fourth-order valence-corrected chi connectivity index (χ4v) is 4.59. The smallest absolute Gasteiger partial charge is 0.305 e. The summed E-state index contributed by atoms with van der Waals surface area (Å²) in [7, 11) is 0. The first kappa shape index (κ1) is 14.3. The molecular formula is C15H24O5. The van der Waals surface area contributed by atoms with E-state index >= 15 is 0 Å². The molecule has 7 atom stereocenters. The number of rotatable bonds is 1. The second kappa shape index (κ2) is 4.97. The van der Waals surface area contributed by atoms with E-state index in [0.717, 1.165) is 19.3 Å². The van der Waals surface area contributed by atoms with Gasteiger partial charge < -0.3 is 19.3 Å². The van der Waals surface area contributed by atoms with Gasteiger partial charge in [0.2, 0.25) is 6.29 Å². The minimum atomic E-state index is -0.895. The Morgan fingerprint density at radius 2 is 2.00 bits per heavy atom. The van der Waals surface area contributed by atoms with Crippen LogP contribution in [0.15, 0.2) is 0 Å². The van der Waals surface area contributed by atoms with E-state index in [0.29, 0.717) is 18.4 Å². The molecule has 2 heterocycles. The Bertz CT molecular complexity index is 398. The van der Waals surface area contributed by atoms with Crippen molar-refractivity contribution in [2.45, 2.75) is 58.2 Å². The van der Waals surface area contributed by atoms with E-state index in [-0.39, 0.29) is 11.8 Å². The Kier molecular flexibility index (Phi) is 3.55. The van der Waals surface area contributed by atoms with Gasteiger partial charge >= 0.3 is 5.97 Å². The van der Waals surface area contributed by atoms with Crippen LogP contribution in [0.3, 0.4) is 0 Å². The van der Waals surface area contributed by atoms with Gasteiger partial charge in [0.25, 0.3) is 0 Å². The van der Waals surface area contributed by atoms with Gasteiger partial charge in [-0.05, 0) is 31.1 Å². The lowest BCUT2D eigenvalue weighted by Gasteiger charge is -2.56. The molecule has 5 nitrogen and oxygen atoms in total. The van der Waals surface area contributed by atoms with Crippen LogP contribution in [0, 0.1) is 23.7 Å². The predicted molar refractivity (Wildman–Crippen MR) is 70.5 cm³/mol. The molecule has 3 fully saturated rings. The summed E-state index contributed by atoms with van der Waals surface area (Å²) in [4.78, 5) is 11.4. The SMILES string of the molecule is CC(=O)O[C@H]1O[C@H](O)[C@H](C)[C@@H]2CC[C@@H](C)[C@@H]3CCO[C@@]123. The Morgan fingerprint density at radius 3 is 2.70 bits per heavy atom. The molecule has 0 amide bonds. The molecule has 5 heteroatoms. The van der Waals surface area contributed by atoms with E-state index in [1.807, 2.05) is 6.92 Å². The molecule has 20 heavy (non-hydrogen) atoms. The number of carbonyl (C=O) groups excluding carboxylic acids is 1. The molecule has 1 saturated carbocycles. The van der Waals surface area contributed by atoms with E-state index in [2.05, 4.69) is 6.92 Å². The summed E-state index contributed by atoms with van der Waals surface area (Å²) < 4.78 is 17.1. The minimum absolute atomic E-state index is 0.00471. The average Bonchev–Trinajstić information content (AvgIpc) is 2.82. The monoisotopic (exact) mass is 284 g/mol. The molecule has 0 aromatic rings. The highest BCUT2D eigenvalue weighted by molar-refractivity contribution is 5.66. The molecule has 1 spiro atoms. The fraction of sp³-hybridized carbons (Fsp3) is 0.933. The Morgan fingerprint density at radius 1 is 1.25 bits per heavy atom. The van der Waals surface area contributed by atoms with Crippen molar-refractivity contribution in [1.29, 1.82) is 0 Å². The topological polar surface area (TPSA) is 65.0 Å². The van der Waals surface area contributed by atoms with Gasteiger partial charge in [-0.25, -0.2) is 0 Å². The number of hydrogen-bond acceptors (Lipinski definition) is 5. The largest absolute Gasteiger partial charge is 0.433 e. The highest BCUT2D eigenvalue weighted by Gasteiger charge is 2.65. The van der Waals surface area contributed by atoms with Crippen molar-refractivity contribution in [3.8, 4) is 0 Å². The maximum Gasteiger partial charge on any atom is 0.305 e. The van der Waals surface area contributed by atoms with Gasteiger partial charge in [-0.1, -0.05) is 13.8 Å². The van der Waals surface area contributed by atoms with Crippen LogP contribution in [0.25, 0.3) is 0 Å². The highest BCUT2D eigenvalue weighted by atomic mass is 16.8. The molecule has 114 valence electrons. The molecule has 1 N–H and O–H groups in total. The van der Waals surface area contributed by atoms with Gasteiger partial charge in [0.05, 0.1) is 0 Å². The Hall–Kier alpha value is -0.650. The zero-order valence-electron chi connectivity index (χ0n) is 12.4. The molecule has 0 aromatic heterocycles. The number of esters is 1. The molecule has 0 bridgehead atoms. The average molecular weight is 284 g/mol. The van der Waals surface area contributed by atoms with Crippen molar-refractivity contribution in [2.24, 2.45) is 23.7 Å². The summed E-state index contributed by atoms with van der Waals surface area (Å²) in [5.74, 6) is 0.643. The van der Waals surface area contributed by atoms with Crippen molar-refractivity contribution >= 4 is 5.97 Å². The van der Waals surface area contributed by atoms with E-state index in [1.165, 1.54) is 6.92 Å². The van der Waals surface area contributed by atoms with Crippen molar-refractivity contribution < 1.29 is 24.1 Å². The van der Waals surface area contributed by atoms with Crippen LogP contribution in [0.5, 0.6) is 0 Å². The molecule has 0 aromatic carbocycles. The lowest BCUT2D eigenvalue weighted by atomic mass is 9.59. The third kappa shape index (κ3) is 1.90. The molecule has 3 rings (SSSR count). The normalized spacial score (nSPS) is 51.2. The number of aliphatic hydroxyl groups is 1. The number of ether oxygens (including phenoxy) is 3. The second-order valence-electron chi connectivity index (χ2n) is 6.59. The molecule has 2 aliphatic heterocycles. The first-order chi connectivity index (χ1) is 9.46. The third-order valence-electron chi connectivity index (χ3n) is 5.55. The maximum atomic E-state index is 11.4. The van der Waals surface area contributed by atoms with Crippen molar-refractivity contribution in [1.82, 2.24) is 0 Å². The Balaban J connectivity index is 1.99. The lowest BCUT2D eigenvalue weighted by molar-refractivity contribution is -0.360. The molecule has 1 aliphatic carbocycles.